The van der Waals surface area contributed by atoms with Gasteiger partial charge in [-0.25, -0.2) is 8.42 Å². The zero-order valence-corrected chi connectivity index (χ0v) is 16.1. The van der Waals surface area contributed by atoms with Gasteiger partial charge in [0.15, 0.2) is 0 Å². The summed E-state index contributed by atoms with van der Waals surface area (Å²) in [5, 5.41) is 0. The van der Waals surface area contributed by atoms with Crippen LogP contribution in [0.4, 0.5) is 0 Å². The van der Waals surface area contributed by atoms with Crippen molar-refractivity contribution in [2.24, 2.45) is 0 Å². The van der Waals surface area contributed by atoms with Crippen LogP contribution in [0.2, 0.25) is 0 Å². The van der Waals surface area contributed by atoms with Crippen LogP contribution in [0, 0.1) is 0 Å². The molecule has 0 bridgehead atoms. The van der Waals surface area contributed by atoms with Gasteiger partial charge in [0, 0.05) is 38.0 Å². The fraction of sp³-hybridized carbons (Fsp3) is 0.316. The molecule has 1 aromatic heterocycles. The molecule has 0 N–H and O–H groups in total. The molecule has 0 saturated heterocycles. The van der Waals surface area contributed by atoms with Crippen molar-refractivity contribution in [3.8, 4) is 0 Å². The molecule has 0 radical (unpaired) electrons. The standard InChI is InChI=1S/C19H20N2O3S2/c1-14(22)20-9-8-18-17(12-20)11-19(25-18)26(23,24)21-10-7-16(13-21)15-5-3-2-4-6-15/h2-7,11H,8-10,12-13H2,1H3. The molecule has 0 saturated carbocycles. The van der Waals surface area contributed by atoms with Gasteiger partial charge in [0.1, 0.15) is 4.21 Å². The van der Waals surface area contributed by atoms with E-state index in [1.165, 1.54) is 15.6 Å². The number of thiophene rings is 1. The first kappa shape index (κ1) is 17.5. The van der Waals surface area contributed by atoms with Crippen molar-refractivity contribution in [2.45, 2.75) is 24.1 Å². The lowest BCUT2D eigenvalue weighted by Gasteiger charge is -2.25. The average Bonchev–Trinajstić information content (AvgIpc) is 3.29. The van der Waals surface area contributed by atoms with Crippen molar-refractivity contribution in [1.82, 2.24) is 9.21 Å². The van der Waals surface area contributed by atoms with E-state index in [0.29, 0.717) is 30.4 Å². The summed E-state index contributed by atoms with van der Waals surface area (Å²) in [7, 11) is -3.52. The number of carbonyl (C=O) groups is 1. The molecule has 0 unspecified atom stereocenters. The molecule has 2 aliphatic heterocycles. The van der Waals surface area contributed by atoms with Crippen molar-refractivity contribution >= 4 is 32.8 Å². The molecule has 0 atom stereocenters. The van der Waals surface area contributed by atoms with Gasteiger partial charge in [-0.2, -0.15) is 4.31 Å². The third-order valence-electron chi connectivity index (χ3n) is 4.92. The Kier molecular flexibility index (Phi) is 4.46. The molecule has 5 nitrogen and oxygen atoms in total. The smallest absolute Gasteiger partial charge is 0.253 e. The summed E-state index contributed by atoms with van der Waals surface area (Å²) in [4.78, 5) is 14.4. The Morgan fingerprint density at radius 3 is 2.65 bits per heavy atom. The molecule has 2 aromatic rings. The highest BCUT2D eigenvalue weighted by molar-refractivity contribution is 7.91. The number of sulfonamides is 1. The summed E-state index contributed by atoms with van der Waals surface area (Å²) >= 11 is 1.35. The molecular formula is C19H20N2O3S2. The Hall–Kier alpha value is -1.96. The minimum absolute atomic E-state index is 0.0301. The van der Waals surface area contributed by atoms with E-state index in [1.54, 1.807) is 17.9 Å². The molecule has 4 rings (SSSR count). The van der Waals surface area contributed by atoms with Crippen LogP contribution in [0.15, 0.2) is 46.7 Å². The van der Waals surface area contributed by atoms with Gasteiger partial charge >= 0.3 is 0 Å². The molecular weight excluding hydrogens is 368 g/mol. The highest BCUT2D eigenvalue weighted by Gasteiger charge is 2.32. The first-order chi connectivity index (χ1) is 12.4. The highest BCUT2D eigenvalue weighted by atomic mass is 32.2. The van der Waals surface area contributed by atoms with Crippen molar-refractivity contribution in [3.05, 3.63) is 58.5 Å². The van der Waals surface area contributed by atoms with E-state index >= 15 is 0 Å². The number of hydrogen-bond acceptors (Lipinski definition) is 4. The predicted molar refractivity (Wildman–Crippen MR) is 102 cm³/mol. The quantitative estimate of drug-likeness (QED) is 0.812. The lowest BCUT2D eigenvalue weighted by atomic mass is 10.1. The summed E-state index contributed by atoms with van der Waals surface area (Å²) in [5.74, 6) is 0.0301. The molecule has 7 heteroatoms. The topological polar surface area (TPSA) is 57.7 Å². The van der Waals surface area contributed by atoms with E-state index in [2.05, 4.69) is 0 Å². The van der Waals surface area contributed by atoms with E-state index in [4.69, 9.17) is 0 Å². The number of benzene rings is 1. The first-order valence-corrected chi connectivity index (χ1v) is 10.8. The normalized spacial score (nSPS) is 17.9. The average molecular weight is 389 g/mol. The lowest BCUT2D eigenvalue weighted by Crippen LogP contribution is -2.33. The minimum atomic E-state index is -3.52. The second-order valence-corrected chi connectivity index (χ2v) is 9.90. The van der Waals surface area contributed by atoms with Crippen LogP contribution in [0.5, 0.6) is 0 Å². The zero-order valence-electron chi connectivity index (χ0n) is 14.5. The molecule has 1 amide bonds. The van der Waals surface area contributed by atoms with Gasteiger partial charge < -0.3 is 4.90 Å². The summed E-state index contributed by atoms with van der Waals surface area (Å²) in [6.45, 7) is 3.51. The van der Waals surface area contributed by atoms with Gasteiger partial charge in [0.2, 0.25) is 5.91 Å². The van der Waals surface area contributed by atoms with Gasteiger partial charge in [-0.1, -0.05) is 36.4 Å². The zero-order chi connectivity index (χ0) is 18.3. The molecule has 1 aromatic carbocycles. The number of carbonyl (C=O) groups excluding carboxylic acids is 1. The van der Waals surface area contributed by atoms with E-state index in [9.17, 15) is 13.2 Å². The van der Waals surface area contributed by atoms with Crippen molar-refractivity contribution < 1.29 is 13.2 Å². The Labute approximate surface area is 157 Å². The lowest BCUT2D eigenvalue weighted by molar-refractivity contribution is -0.129. The van der Waals surface area contributed by atoms with Crippen LogP contribution in [-0.4, -0.2) is 43.2 Å². The van der Waals surface area contributed by atoms with Crippen LogP contribution in [0.3, 0.4) is 0 Å². The summed E-state index contributed by atoms with van der Waals surface area (Å²) < 4.78 is 28.0. The molecule has 0 spiro atoms. The van der Waals surface area contributed by atoms with Crippen LogP contribution >= 0.6 is 11.3 Å². The van der Waals surface area contributed by atoms with Crippen molar-refractivity contribution in [3.63, 3.8) is 0 Å². The minimum Gasteiger partial charge on any atom is -0.338 e. The van der Waals surface area contributed by atoms with Crippen LogP contribution < -0.4 is 0 Å². The molecule has 0 fully saturated rings. The SMILES string of the molecule is CC(=O)N1CCc2sc(S(=O)(=O)N3CC=C(c4ccccc4)C3)cc2C1. The summed E-state index contributed by atoms with van der Waals surface area (Å²) in [6.07, 6.45) is 2.71. The van der Waals surface area contributed by atoms with Crippen LogP contribution in [-0.2, 0) is 27.8 Å². The Bertz CT molecular complexity index is 977. The predicted octanol–water partition coefficient (Wildman–Crippen LogP) is 2.74. The Balaban J connectivity index is 1.55. The Morgan fingerprint density at radius 2 is 1.92 bits per heavy atom. The van der Waals surface area contributed by atoms with Crippen LogP contribution in [0.25, 0.3) is 5.57 Å². The molecule has 2 aliphatic rings. The van der Waals surface area contributed by atoms with E-state index in [0.717, 1.165) is 28.0 Å². The van der Waals surface area contributed by atoms with Gasteiger partial charge in [-0.15, -0.1) is 11.3 Å². The molecule has 136 valence electrons. The van der Waals surface area contributed by atoms with Crippen molar-refractivity contribution in [2.75, 3.05) is 19.6 Å². The maximum Gasteiger partial charge on any atom is 0.253 e. The van der Waals surface area contributed by atoms with Crippen molar-refractivity contribution in [1.29, 1.82) is 0 Å². The van der Waals surface area contributed by atoms with Gasteiger partial charge in [0.25, 0.3) is 10.0 Å². The third kappa shape index (κ3) is 3.11. The van der Waals surface area contributed by atoms with Crippen LogP contribution in [0.1, 0.15) is 22.9 Å². The maximum atomic E-state index is 13.1. The molecule has 26 heavy (non-hydrogen) atoms. The highest BCUT2D eigenvalue weighted by Crippen LogP contribution is 2.34. The number of rotatable bonds is 3. The number of nitrogens with zero attached hydrogens (tertiary/aromatic N) is 2. The first-order valence-electron chi connectivity index (χ1n) is 8.57. The van der Waals surface area contributed by atoms with E-state index in [1.807, 2.05) is 36.4 Å². The number of fused-ring (bicyclic) bond motifs is 1. The fourth-order valence-electron chi connectivity index (χ4n) is 3.40. The summed E-state index contributed by atoms with van der Waals surface area (Å²) in [6, 6.07) is 11.6. The van der Waals surface area contributed by atoms with Gasteiger partial charge in [-0.05, 0) is 29.2 Å². The third-order valence-corrected chi connectivity index (χ3v) is 8.41. The Morgan fingerprint density at radius 1 is 1.15 bits per heavy atom. The summed E-state index contributed by atoms with van der Waals surface area (Å²) in [5.41, 5.74) is 3.07. The largest absolute Gasteiger partial charge is 0.338 e. The monoisotopic (exact) mass is 388 g/mol. The van der Waals surface area contributed by atoms with E-state index < -0.39 is 10.0 Å². The second kappa shape index (κ2) is 6.64. The second-order valence-electron chi connectivity index (χ2n) is 6.60. The molecule has 3 heterocycles. The van der Waals surface area contributed by atoms with Gasteiger partial charge in [0.05, 0.1) is 0 Å². The van der Waals surface area contributed by atoms with Gasteiger partial charge in [-0.3, -0.25) is 4.79 Å². The number of hydrogen-bond donors (Lipinski definition) is 0. The molecule has 0 aliphatic carbocycles. The number of amides is 1. The van der Waals surface area contributed by atoms with E-state index in [-0.39, 0.29) is 5.91 Å². The fourth-order valence-corrected chi connectivity index (χ4v) is 6.46. The maximum absolute atomic E-state index is 13.1.